The molecule has 0 unspecified atom stereocenters. The molecule has 2 aromatic carbocycles. The van der Waals surface area contributed by atoms with E-state index in [-0.39, 0.29) is 5.91 Å². The Kier molecular flexibility index (Phi) is 5.69. The third kappa shape index (κ3) is 4.36. The molecule has 1 heterocycles. The number of hydrogen-bond donors (Lipinski definition) is 0. The molecule has 3 rings (SSSR count). The first kappa shape index (κ1) is 18.3. The molecule has 0 radical (unpaired) electrons. The lowest BCUT2D eigenvalue weighted by molar-refractivity contribution is -0.121. The average molecular weight is 410 g/mol. The monoisotopic (exact) mass is 409 g/mol. The van der Waals surface area contributed by atoms with Gasteiger partial charge in [-0.15, -0.1) is 0 Å². The van der Waals surface area contributed by atoms with Crippen molar-refractivity contribution in [3.63, 3.8) is 0 Å². The number of carbonyl (C=O) groups is 1. The standard InChI is InChI=1S/C18H13Cl2NO2S2/c1-21-17(22)16(25-18(21)24)9-12-8-14(20)5-6-15(12)23-10-11-3-2-4-13(19)7-11/h2-9H,10H2,1H3/b16-9-. The molecule has 0 atom stereocenters. The maximum atomic E-state index is 12.2. The number of amides is 1. The largest absolute Gasteiger partial charge is 0.488 e. The molecule has 0 N–H and O–H groups in total. The summed E-state index contributed by atoms with van der Waals surface area (Å²) < 4.78 is 6.43. The molecular formula is C18H13Cl2NO2S2. The second-order valence-corrected chi connectivity index (χ2v) is 7.89. The summed E-state index contributed by atoms with van der Waals surface area (Å²) >= 11 is 18.5. The third-order valence-corrected chi connectivity index (χ3v) is 5.48. The van der Waals surface area contributed by atoms with E-state index in [2.05, 4.69) is 0 Å². The lowest BCUT2D eigenvalue weighted by Gasteiger charge is -2.10. The van der Waals surface area contributed by atoms with E-state index in [1.54, 1.807) is 31.3 Å². The first-order valence-corrected chi connectivity index (χ1v) is 9.30. The van der Waals surface area contributed by atoms with Gasteiger partial charge in [-0.05, 0) is 42.0 Å². The van der Waals surface area contributed by atoms with Crippen molar-refractivity contribution < 1.29 is 9.53 Å². The van der Waals surface area contributed by atoms with E-state index in [0.29, 0.717) is 31.6 Å². The van der Waals surface area contributed by atoms with Crippen molar-refractivity contribution in [2.75, 3.05) is 7.05 Å². The van der Waals surface area contributed by atoms with Crippen LogP contribution in [0.5, 0.6) is 5.75 Å². The second-order valence-electron chi connectivity index (χ2n) is 5.34. The van der Waals surface area contributed by atoms with Crippen LogP contribution < -0.4 is 4.74 Å². The summed E-state index contributed by atoms with van der Waals surface area (Å²) in [4.78, 5) is 14.2. The number of halogens is 2. The van der Waals surface area contributed by atoms with Crippen molar-refractivity contribution >= 4 is 63.5 Å². The molecule has 128 valence electrons. The van der Waals surface area contributed by atoms with Crippen LogP contribution in [0.15, 0.2) is 47.4 Å². The summed E-state index contributed by atoms with van der Waals surface area (Å²) in [5.41, 5.74) is 1.68. The molecule has 25 heavy (non-hydrogen) atoms. The Balaban J connectivity index is 1.86. The molecule has 7 heteroatoms. The fraction of sp³-hybridized carbons (Fsp3) is 0.111. The Morgan fingerprint density at radius 1 is 1.20 bits per heavy atom. The average Bonchev–Trinajstić information content (AvgIpc) is 2.81. The van der Waals surface area contributed by atoms with E-state index in [1.165, 1.54) is 16.7 Å². The third-order valence-electron chi connectivity index (χ3n) is 3.53. The van der Waals surface area contributed by atoms with Crippen LogP contribution in [0.25, 0.3) is 6.08 Å². The van der Waals surface area contributed by atoms with Crippen molar-refractivity contribution in [2.24, 2.45) is 0 Å². The minimum absolute atomic E-state index is 0.129. The van der Waals surface area contributed by atoms with Crippen molar-refractivity contribution in [3.05, 3.63) is 68.5 Å². The van der Waals surface area contributed by atoms with Gasteiger partial charge < -0.3 is 4.74 Å². The molecule has 1 amide bonds. The van der Waals surface area contributed by atoms with Gasteiger partial charge >= 0.3 is 0 Å². The van der Waals surface area contributed by atoms with E-state index in [0.717, 1.165) is 11.1 Å². The Labute approximate surface area is 165 Å². The number of nitrogens with zero attached hydrogens (tertiary/aromatic N) is 1. The van der Waals surface area contributed by atoms with Gasteiger partial charge in [-0.3, -0.25) is 9.69 Å². The van der Waals surface area contributed by atoms with Gasteiger partial charge in [0.05, 0.1) is 4.91 Å². The first-order valence-electron chi connectivity index (χ1n) is 7.32. The predicted octanol–water partition coefficient (Wildman–Crippen LogP) is 5.40. The number of hydrogen-bond acceptors (Lipinski definition) is 4. The molecule has 0 bridgehead atoms. The highest BCUT2D eigenvalue weighted by Crippen LogP contribution is 2.34. The molecule has 2 aromatic rings. The van der Waals surface area contributed by atoms with Crippen LogP contribution in [-0.4, -0.2) is 22.2 Å². The van der Waals surface area contributed by atoms with Crippen LogP contribution in [0.3, 0.4) is 0 Å². The Bertz CT molecular complexity index is 883. The molecule has 1 fully saturated rings. The summed E-state index contributed by atoms with van der Waals surface area (Å²) in [5, 5.41) is 1.22. The van der Waals surface area contributed by atoms with Gasteiger partial charge in [0.2, 0.25) is 0 Å². The van der Waals surface area contributed by atoms with Crippen molar-refractivity contribution in [3.8, 4) is 5.75 Å². The minimum Gasteiger partial charge on any atom is -0.488 e. The van der Waals surface area contributed by atoms with E-state index in [1.807, 2.05) is 24.3 Å². The van der Waals surface area contributed by atoms with Crippen molar-refractivity contribution in [1.29, 1.82) is 0 Å². The summed E-state index contributed by atoms with van der Waals surface area (Å²) in [6.07, 6.45) is 1.75. The molecule has 0 aliphatic carbocycles. The van der Waals surface area contributed by atoms with Gasteiger partial charge in [-0.1, -0.05) is 59.3 Å². The predicted molar refractivity (Wildman–Crippen MR) is 108 cm³/mol. The fourth-order valence-electron chi connectivity index (χ4n) is 2.24. The molecular weight excluding hydrogens is 397 g/mol. The van der Waals surface area contributed by atoms with Gasteiger partial charge in [0.1, 0.15) is 16.7 Å². The Morgan fingerprint density at radius 2 is 1.96 bits per heavy atom. The second kappa shape index (κ2) is 7.79. The summed E-state index contributed by atoms with van der Waals surface area (Å²) in [6, 6.07) is 12.8. The van der Waals surface area contributed by atoms with E-state index >= 15 is 0 Å². The van der Waals surface area contributed by atoms with Crippen LogP contribution in [0.1, 0.15) is 11.1 Å². The Hall–Kier alpha value is -1.53. The maximum Gasteiger partial charge on any atom is 0.265 e. The topological polar surface area (TPSA) is 29.5 Å². The Morgan fingerprint density at radius 3 is 2.64 bits per heavy atom. The highest BCUT2D eigenvalue weighted by atomic mass is 35.5. The zero-order chi connectivity index (χ0) is 18.0. The highest BCUT2D eigenvalue weighted by molar-refractivity contribution is 8.26. The van der Waals surface area contributed by atoms with Gasteiger partial charge in [-0.25, -0.2) is 0 Å². The quantitative estimate of drug-likeness (QED) is 0.499. The number of thioether (sulfide) groups is 1. The summed E-state index contributed by atoms with van der Waals surface area (Å²) in [7, 11) is 1.66. The molecule has 0 saturated carbocycles. The normalized spacial score (nSPS) is 16.0. The van der Waals surface area contributed by atoms with E-state index in [9.17, 15) is 4.79 Å². The van der Waals surface area contributed by atoms with Gasteiger partial charge in [0.15, 0.2) is 0 Å². The number of benzene rings is 2. The first-order chi connectivity index (χ1) is 11.9. The van der Waals surface area contributed by atoms with Crippen molar-refractivity contribution in [1.82, 2.24) is 4.90 Å². The fourth-order valence-corrected chi connectivity index (χ4v) is 3.80. The SMILES string of the molecule is CN1C(=O)/C(=C/c2cc(Cl)ccc2OCc2cccc(Cl)c2)SC1=S. The van der Waals surface area contributed by atoms with Crippen LogP contribution in [-0.2, 0) is 11.4 Å². The maximum absolute atomic E-state index is 12.2. The number of likely N-dealkylation sites (N-methyl/N-ethyl adjacent to an activating group) is 1. The zero-order valence-electron chi connectivity index (χ0n) is 13.2. The van der Waals surface area contributed by atoms with Gasteiger partial charge in [0, 0.05) is 22.7 Å². The summed E-state index contributed by atoms with van der Waals surface area (Å²) in [6.45, 7) is 0.359. The number of rotatable bonds is 4. The van der Waals surface area contributed by atoms with Crippen LogP contribution >= 0.6 is 47.2 Å². The number of carbonyl (C=O) groups excluding carboxylic acids is 1. The van der Waals surface area contributed by atoms with Crippen LogP contribution in [0.2, 0.25) is 10.0 Å². The van der Waals surface area contributed by atoms with Gasteiger partial charge in [0.25, 0.3) is 5.91 Å². The molecule has 1 saturated heterocycles. The van der Waals surface area contributed by atoms with Crippen LogP contribution in [0, 0.1) is 0 Å². The lowest BCUT2D eigenvalue weighted by Crippen LogP contribution is -2.22. The molecule has 3 nitrogen and oxygen atoms in total. The number of ether oxygens (including phenoxy) is 1. The van der Waals surface area contributed by atoms with Crippen molar-refractivity contribution in [2.45, 2.75) is 6.61 Å². The van der Waals surface area contributed by atoms with Gasteiger partial charge in [-0.2, -0.15) is 0 Å². The van der Waals surface area contributed by atoms with Crippen LogP contribution in [0.4, 0.5) is 0 Å². The molecule has 0 spiro atoms. The smallest absolute Gasteiger partial charge is 0.265 e. The molecule has 0 aromatic heterocycles. The van der Waals surface area contributed by atoms with E-state index < -0.39 is 0 Å². The lowest BCUT2D eigenvalue weighted by atomic mass is 10.1. The molecule has 1 aliphatic heterocycles. The number of thiocarbonyl (C=S) groups is 1. The van der Waals surface area contributed by atoms with E-state index in [4.69, 9.17) is 40.2 Å². The summed E-state index contributed by atoms with van der Waals surface area (Å²) in [5.74, 6) is 0.501. The zero-order valence-corrected chi connectivity index (χ0v) is 16.3. The molecule has 1 aliphatic rings. The minimum atomic E-state index is -0.129. The highest BCUT2D eigenvalue weighted by Gasteiger charge is 2.28.